The number of rotatable bonds is 23. The Hall–Kier alpha value is -3.70. The van der Waals surface area contributed by atoms with Crippen LogP contribution in [-0.2, 0) is 37.6 Å². The van der Waals surface area contributed by atoms with Crippen molar-refractivity contribution in [2.45, 2.75) is 140 Å². The van der Waals surface area contributed by atoms with E-state index in [4.69, 9.17) is 51.7 Å². The van der Waals surface area contributed by atoms with Crippen molar-refractivity contribution < 1.29 is 76.1 Å². The molecule has 16 nitrogen and oxygen atoms in total. The number of hydrogen-bond donors (Lipinski definition) is 3. The van der Waals surface area contributed by atoms with Crippen LogP contribution in [0, 0.1) is 11.8 Å². The molecule has 4 aliphatic heterocycles. The molecule has 5 aliphatic rings. The lowest BCUT2D eigenvalue weighted by atomic mass is 9.66. The van der Waals surface area contributed by atoms with Gasteiger partial charge >= 0.3 is 13.8 Å². The van der Waals surface area contributed by atoms with Crippen molar-refractivity contribution in [1.82, 2.24) is 0 Å². The first kappa shape index (κ1) is 48.2. The average Bonchev–Trinajstić information content (AvgIpc) is 3.91. The molecule has 0 amide bonds. The molecule has 2 aromatic rings. The molecule has 3 N–H and O–H groups in total. The van der Waals surface area contributed by atoms with Gasteiger partial charge in [-0.05, 0) is 86.4 Å². The van der Waals surface area contributed by atoms with Crippen LogP contribution >= 0.6 is 7.82 Å². The molecule has 0 radical (unpaired) electrons. The van der Waals surface area contributed by atoms with Gasteiger partial charge < -0.3 is 57.4 Å². The summed E-state index contributed by atoms with van der Waals surface area (Å²) >= 11 is 0. The van der Waals surface area contributed by atoms with Crippen molar-refractivity contribution >= 4 is 13.8 Å². The largest absolute Gasteiger partial charge is 0.527 e. The van der Waals surface area contributed by atoms with E-state index in [2.05, 4.69) is 31.2 Å². The van der Waals surface area contributed by atoms with E-state index < -0.39 is 74.6 Å². The van der Waals surface area contributed by atoms with E-state index in [9.17, 15) is 24.5 Å². The zero-order valence-corrected chi connectivity index (χ0v) is 38.2. The third-order valence-electron chi connectivity index (χ3n) is 12.5. The number of fused-ring (bicyclic) bond motifs is 4. The first-order valence-electron chi connectivity index (χ1n) is 22.8. The van der Waals surface area contributed by atoms with Gasteiger partial charge in [-0.3, -0.25) is 14.2 Å². The van der Waals surface area contributed by atoms with E-state index in [0.717, 1.165) is 51.4 Å². The number of allylic oxidation sites excluding steroid dienone is 4. The number of carbonyl (C=O) groups is 1. The summed E-state index contributed by atoms with van der Waals surface area (Å²) in [5.41, 5.74) is 1.78. The van der Waals surface area contributed by atoms with Crippen LogP contribution in [0.3, 0.4) is 0 Å². The quantitative estimate of drug-likeness (QED) is 0.0420. The lowest BCUT2D eigenvalue weighted by molar-refractivity contribution is -0.364. The molecule has 3 fully saturated rings. The summed E-state index contributed by atoms with van der Waals surface area (Å²) in [4.78, 5) is 24.6. The Morgan fingerprint density at radius 2 is 1.45 bits per heavy atom. The average molecular weight is 917 g/mol. The van der Waals surface area contributed by atoms with Crippen LogP contribution in [0.4, 0.5) is 0 Å². The van der Waals surface area contributed by atoms with Crippen LogP contribution in [-0.4, -0.2) is 98.9 Å². The van der Waals surface area contributed by atoms with E-state index in [1.54, 1.807) is 31.2 Å². The summed E-state index contributed by atoms with van der Waals surface area (Å²) in [7, 11) is -1.85. The Bertz CT molecular complexity index is 1940. The molecule has 1 aliphatic carbocycles. The topological polar surface area (TPSA) is 196 Å². The summed E-state index contributed by atoms with van der Waals surface area (Å²) in [5.74, 6) is -1.73. The van der Waals surface area contributed by atoms with E-state index in [1.807, 2.05) is 0 Å². The molecular weight excluding hydrogens is 851 g/mol. The fourth-order valence-corrected chi connectivity index (χ4v) is 10.0. The second-order valence-corrected chi connectivity index (χ2v) is 18.3. The summed E-state index contributed by atoms with van der Waals surface area (Å²) in [6.07, 6.45) is 14.6. The molecule has 64 heavy (non-hydrogen) atoms. The van der Waals surface area contributed by atoms with Gasteiger partial charge in [-0.15, -0.1) is 0 Å². The van der Waals surface area contributed by atoms with Gasteiger partial charge in [0.15, 0.2) is 35.6 Å². The van der Waals surface area contributed by atoms with Crippen LogP contribution in [0.25, 0.3) is 0 Å². The van der Waals surface area contributed by atoms with Crippen LogP contribution in [0.15, 0.2) is 48.6 Å². The van der Waals surface area contributed by atoms with Crippen molar-refractivity contribution in [2.75, 3.05) is 40.8 Å². The minimum atomic E-state index is -4.63. The maximum atomic E-state index is 13.8. The van der Waals surface area contributed by atoms with E-state index >= 15 is 0 Å². The maximum Gasteiger partial charge on any atom is 0.527 e. The number of carbonyl (C=O) groups excluding carboxylic acids is 1. The number of unbranched alkanes of at least 4 members (excludes halogenated alkanes) is 9. The predicted octanol–water partition coefficient (Wildman–Crippen LogP) is 7.94. The Kier molecular flexibility index (Phi) is 17.1. The molecule has 0 spiro atoms. The number of aliphatic hydroxyl groups excluding tert-OH is 2. The molecule has 11 atom stereocenters. The zero-order valence-electron chi connectivity index (χ0n) is 37.3. The van der Waals surface area contributed by atoms with Crippen molar-refractivity contribution in [3.63, 3.8) is 0 Å². The number of hydrogen-bond acceptors (Lipinski definition) is 15. The van der Waals surface area contributed by atoms with Gasteiger partial charge in [-0.1, -0.05) is 69.8 Å². The summed E-state index contributed by atoms with van der Waals surface area (Å²) in [6.45, 7) is 4.02. The summed E-state index contributed by atoms with van der Waals surface area (Å²) in [5, 5.41) is 22.3. The Balaban J connectivity index is 1.00. The number of methoxy groups -OCH3 is 2. The van der Waals surface area contributed by atoms with Crippen LogP contribution < -0.4 is 23.5 Å². The number of benzene rings is 2. The van der Waals surface area contributed by atoms with Crippen LogP contribution in [0.1, 0.15) is 120 Å². The minimum absolute atomic E-state index is 0.0185. The molecule has 1 unspecified atom stereocenters. The third kappa shape index (κ3) is 11.4. The van der Waals surface area contributed by atoms with Crippen molar-refractivity contribution in [3.05, 3.63) is 65.3 Å². The molecule has 2 aromatic carbocycles. The Labute approximate surface area is 375 Å². The molecule has 17 heteroatoms. The molecule has 7 rings (SSSR count). The minimum Gasteiger partial charge on any atom is -0.493 e. The highest BCUT2D eigenvalue weighted by atomic mass is 31.2. The number of aliphatic hydroxyl groups is 2. The molecular formula is C47H65O16P. The predicted molar refractivity (Wildman–Crippen MR) is 232 cm³/mol. The first-order valence-corrected chi connectivity index (χ1v) is 24.3. The first-order chi connectivity index (χ1) is 31.0. The fraction of sp³-hybridized carbons (Fsp3) is 0.638. The normalized spacial score (nSPS) is 29.3. The van der Waals surface area contributed by atoms with Gasteiger partial charge in [-0.25, -0.2) is 4.57 Å². The summed E-state index contributed by atoms with van der Waals surface area (Å²) < 4.78 is 77.0. The van der Waals surface area contributed by atoms with Gasteiger partial charge in [-0.2, -0.15) is 0 Å². The lowest BCUT2D eigenvalue weighted by Crippen LogP contribution is -2.63. The van der Waals surface area contributed by atoms with Gasteiger partial charge in [0.1, 0.15) is 24.4 Å². The Morgan fingerprint density at radius 1 is 0.797 bits per heavy atom. The van der Waals surface area contributed by atoms with E-state index in [0.29, 0.717) is 34.6 Å². The number of cyclic esters (lactones) is 1. The smallest absolute Gasteiger partial charge is 0.493 e. The second-order valence-electron chi connectivity index (χ2n) is 16.9. The van der Waals surface area contributed by atoms with Gasteiger partial charge in [0, 0.05) is 11.8 Å². The van der Waals surface area contributed by atoms with Gasteiger partial charge in [0.25, 0.3) is 0 Å². The van der Waals surface area contributed by atoms with E-state index in [-0.39, 0.29) is 43.9 Å². The van der Waals surface area contributed by atoms with Crippen molar-refractivity contribution in [3.8, 4) is 28.7 Å². The van der Waals surface area contributed by atoms with Crippen molar-refractivity contribution in [2.24, 2.45) is 11.8 Å². The highest BCUT2D eigenvalue weighted by molar-refractivity contribution is 7.47. The van der Waals surface area contributed by atoms with Gasteiger partial charge in [0.2, 0.25) is 12.5 Å². The second kappa shape index (κ2) is 22.7. The van der Waals surface area contributed by atoms with Crippen molar-refractivity contribution in [1.29, 1.82) is 0 Å². The molecule has 0 aromatic heterocycles. The highest BCUT2D eigenvalue weighted by Crippen LogP contribution is 2.58. The van der Waals surface area contributed by atoms with Gasteiger partial charge in [0.05, 0.1) is 46.1 Å². The van der Waals surface area contributed by atoms with Crippen LogP contribution in [0.5, 0.6) is 28.7 Å². The van der Waals surface area contributed by atoms with Crippen LogP contribution in [0.2, 0.25) is 0 Å². The number of phosphoric ester groups is 1. The summed E-state index contributed by atoms with van der Waals surface area (Å²) in [6, 6.07) is 6.80. The number of ether oxygens (including phenoxy) is 9. The fourth-order valence-electron chi connectivity index (χ4n) is 9.22. The number of esters is 1. The Morgan fingerprint density at radius 3 is 2.14 bits per heavy atom. The van der Waals surface area contributed by atoms with E-state index in [1.165, 1.54) is 33.5 Å². The zero-order chi connectivity index (χ0) is 45.2. The lowest BCUT2D eigenvalue weighted by Gasteiger charge is -2.47. The third-order valence-corrected chi connectivity index (χ3v) is 13.5. The molecule has 4 heterocycles. The maximum absolute atomic E-state index is 13.8. The molecule has 0 bridgehead atoms. The SMILES string of the molecule is CCCCC/C=C\C/C=C\CCCCCCCCOP(=O)(O)Oc1c(OC)cc([C@@H]2c3cc4c(cc3[C@@H](O[C@@H]3O[C@@H]5CO[C@@H](C)O[C@H]5[C@H](O)[C@H]3O)[C@H]3COC(=O)[C@H]23)OCO4)cc1OC. The monoisotopic (exact) mass is 916 g/mol. The molecule has 354 valence electrons. The molecule has 3 saturated heterocycles. The molecule has 0 saturated carbocycles. The standard InChI is InChI=1S/C47H65O16P/c1-5-6-7-8-9-10-11-12-13-14-15-16-17-18-19-20-21-59-64(51,52)63-44-36(53-3)22-30(23-37(44)54-4)39-31-24-34-35(58-28-57-34)25-32(31)43(33-26-56-46(50)40(33)39)62-47-42(49)41(48)45-38(61-47)27-55-29(2)60-45/h9-10,12-13,22-25,29,33,38-43,45,47-49H,5-8,11,14-21,26-28H2,1-4H3,(H,51,52)/b10-9-,13-12-/t29-,33+,38-,39-,40+,41-,42-,43-,45-,47+/m1/s1. The highest BCUT2D eigenvalue weighted by Gasteiger charge is 2.56. The number of phosphoric acid groups is 1.